The van der Waals surface area contributed by atoms with Crippen molar-refractivity contribution in [2.45, 2.75) is 44.6 Å². The smallest absolute Gasteiger partial charge is 0.0653 e. The molecule has 2 fully saturated rings. The maximum Gasteiger partial charge on any atom is 0.0653 e. The second-order valence-corrected chi connectivity index (χ2v) is 4.21. The van der Waals surface area contributed by atoms with Gasteiger partial charge in [-0.2, -0.15) is 0 Å². The molecule has 1 heteroatoms. The minimum Gasteiger partial charge on any atom is -0.390 e. The van der Waals surface area contributed by atoms with Crippen molar-refractivity contribution in [1.82, 2.24) is 0 Å². The van der Waals surface area contributed by atoms with Gasteiger partial charge in [-0.3, -0.25) is 0 Å². The summed E-state index contributed by atoms with van der Waals surface area (Å²) in [5.74, 6) is 1.53. The molecule has 1 N–H and O–H groups in total. The van der Waals surface area contributed by atoms with Crippen LogP contribution in [-0.4, -0.2) is 10.7 Å². The summed E-state index contributed by atoms with van der Waals surface area (Å²) in [5, 5.41) is 9.71. The Bertz CT molecular complexity index is 140. The molecule has 0 radical (unpaired) electrons. The van der Waals surface area contributed by atoms with Gasteiger partial charge in [0.1, 0.15) is 0 Å². The van der Waals surface area contributed by atoms with Crippen LogP contribution in [0.4, 0.5) is 0 Å². The lowest BCUT2D eigenvalue weighted by molar-refractivity contribution is -0.140. The van der Waals surface area contributed by atoms with E-state index in [0.717, 1.165) is 12.3 Å². The first-order chi connectivity index (χ1) is 4.70. The molecule has 3 atom stereocenters. The van der Waals surface area contributed by atoms with Crippen LogP contribution in [0, 0.1) is 11.8 Å². The summed E-state index contributed by atoms with van der Waals surface area (Å²) in [6.07, 6.45) is 6.46. The summed E-state index contributed by atoms with van der Waals surface area (Å²) < 4.78 is 0. The van der Waals surface area contributed by atoms with Crippen molar-refractivity contribution in [3.8, 4) is 0 Å². The fraction of sp³-hybridized carbons (Fsp3) is 1.00. The summed E-state index contributed by atoms with van der Waals surface area (Å²) in [4.78, 5) is 0. The highest BCUT2D eigenvalue weighted by Crippen LogP contribution is 2.51. The molecule has 58 valence electrons. The zero-order chi connectivity index (χ0) is 7.19. The largest absolute Gasteiger partial charge is 0.390 e. The maximum absolute atomic E-state index is 9.71. The highest BCUT2D eigenvalue weighted by Gasteiger charge is 2.49. The average Bonchev–Trinajstić information content (AvgIpc) is 1.86. The summed E-state index contributed by atoms with van der Waals surface area (Å²) in [5.41, 5.74) is -0.287. The van der Waals surface area contributed by atoms with Crippen molar-refractivity contribution < 1.29 is 5.11 Å². The Morgan fingerprint density at radius 3 is 2.50 bits per heavy atom. The Labute approximate surface area is 62.4 Å². The number of fused-ring (bicyclic) bond motifs is 1. The first-order valence-electron chi connectivity index (χ1n) is 4.42. The predicted molar refractivity (Wildman–Crippen MR) is 40.7 cm³/mol. The molecule has 0 aromatic rings. The highest BCUT2D eigenvalue weighted by atomic mass is 16.3. The zero-order valence-corrected chi connectivity index (χ0v) is 6.64. The van der Waals surface area contributed by atoms with E-state index in [1.807, 2.05) is 6.92 Å². The minimum atomic E-state index is -0.287. The fourth-order valence-electron chi connectivity index (χ4n) is 2.79. The van der Waals surface area contributed by atoms with Gasteiger partial charge < -0.3 is 5.11 Å². The van der Waals surface area contributed by atoms with Crippen LogP contribution in [0.1, 0.15) is 39.0 Å². The van der Waals surface area contributed by atoms with Crippen molar-refractivity contribution in [2.75, 3.05) is 0 Å². The lowest BCUT2D eigenvalue weighted by Crippen LogP contribution is -2.52. The zero-order valence-electron chi connectivity index (χ0n) is 6.64. The van der Waals surface area contributed by atoms with E-state index in [1.165, 1.54) is 25.7 Å². The molecule has 0 spiro atoms. The van der Waals surface area contributed by atoms with Crippen LogP contribution in [0.15, 0.2) is 0 Å². The van der Waals surface area contributed by atoms with Crippen LogP contribution in [0.3, 0.4) is 0 Å². The number of rotatable bonds is 0. The topological polar surface area (TPSA) is 20.2 Å². The molecule has 2 aliphatic rings. The molecule has 0 unspecified atom stereocenters. The van der Waals surface area contributed by atoms with Gasteiger partial charge in [-0.1, -0.05) is 12.8 Å². The first-order valence-corrected chi connectivity index (χ1v) is 4.42. The molecule has 10 heavy (non-hydrogen) atoms. The van der Waals surface area contributed by atoms with E-state index in [2.05, 4.69) is 0 Å². The predicted octanol–water partition coefficient (Wildman–Crippen LogP) is 1.95. The molecular weight excluding hydrogens is 124 g/mol. The second kappa shape index (κ2) is 1.97. The van der Waals surface area contributed by atoms with Gasteiger partial charge >= 0.3 is 0 Å². The summed E-state index contributed by atoms with van der Waals surface area (Å²) >= 11 is 0. The van der Waals surface area contributed by atoms with Crippen LogP contribution in [-0.2, 0) is 0 Å². The Hall–Kier alpha value is -0.0400. The monoisotopic (exact) mass is 140 g/mol. The van der Waals surface area contributed by atoms with Crippen molar-refractivity contribution in [1.29, 1.82) is 0 Å². The van der Waals surface area contributed by atoms with Gasteiger partial charge in [0.2, 0.25) is 0 Å². The molecule has 0 aromatic heterocycles. The Morgan fingerprint density at radius 1 is 1.30 bits per heavy atom. The molecule has 0 heterocycles. The second-order valence-electron chi connectivity index (χ2n) is 4.21. The Morgan fingerprint density at radius 2 is 2.00 bits per heavy atom. The minimum absolute atomic E-state index is 0.287. The van der Waals surface area contributed by atoms with Crippen LogP contribution < -0.4 is 0 Å². The molecule has 0 saturated heterocycles. The average molecular weight is 140 g/mol. The molecule has 0 bridgehead atoms. The number of hydrogen-bond donors (Lipinski definition) is 1. The molecule has 1 nitrogen and oxygen atoms in total. The van der Waals surface area contributed by atoms with Gasteiger partial charge in [0.25, 0.3) is 0 Å². The Balaban J connectivity index is 2.01. The van der Waals surface area contributed by atoms with Gasteiger partial charge in [0.05, 0.1) is 5.60 Å². The normalized spacial score (nSPS) is 53.4. The molecule has 2 saturated carbocycles. The van der Waals surface area contributed by atoms with E-state index in [9.17, 15) is 5.11 Å². The first kappa shape index (κ1) is 6.66. The van der Waals surface area contributed by atoms with E-state index >= 15 is 0 Å². The highest BCUT2D eigenvalue weighted by molar-refractivity contribution is 5.00. The van der Waals surface area contributed by atoms with Crippen molar-refractivity contribution in [2.24, 2.45) is 11.8 Å². The standard InChI is InChI=1S/C9H16O/c1-9(10)6-7-4-2-3-5-8(7)9/h7-8,10H,2-6H2,1H3/t7-,8+,9-/m0/s1. The van der Waals surface area contributed by atoms with E-state index < -0.39 is 0 Å². The van der Waals surface area contributed by atoms with Gasteiger partial charge in [-0.05, 0) is 38.0 Å². The van der Waals surface area contributed by atoms with E-state index in [4.69, 9.17) is 0 Å². The van der Waals surface area contributed by atoms with E-state index in [-0.39, 0.29) is 5.60 Å². The van der Waals surface area contributed by atoms with Crippen molar-refractivity contribution in [3.63, 3.8) is 0 Å². The van der Waals surface area contributed by atoms with Gasteiger partial charge in [-0.15, -0.1) is 0 Å². The SMILES string of the molecule is C[C@]1(O)C[C@@H]2CCCC[C@H]21. The van der Waals surface area contributed by atoms with E-state index in [0.29, 0.717) is 5.92 Å². The van der Waals surface area contributed by atoms with Crippen LogP contribution in [0.5, 0.6) is 0 Å². The van der Waals surface area contributed by atoms with Gasteiger partial charge in [0, 0.05) is 0 Å². The van der Waals surface area contributed by atoms with Crippen molar-refractivity contribution >= 4 is 0 Å². The van der Waals surface area contributed by atoms with Crippen molar-refractivity contribution in [3.05, 3.63) is 0 Å². The summed E-state index contributed by atoms with van der Waals surface area (Å²) in [6, 6.07) is 0. The quantitative estimate of drug-likeness (QED) is 0.545. The van der Waals surface area contributed by atoms with Crippen LogP contribution >= 0.6 is 0 Å². The summed E-state index contributed by atoms with van der Waals surface area (Å²) in [7, 11) is 0. The maximum atomic E-state index is 9.71. The van der Waals surface area contributed by atoms with E-state index in [1.54, 1.807) is 0 Å². The summed E-state index contributed by atoms with van der Waals surface area (Å²) in [6.45, 7) is 2.00. The number of hydrogen-bond acceptors (Lipinski definition) is 1. The van der Waals surface area contributed by atoms with Gasteiger partial charge in [-0.25, -0.2) is 0 Å². The molecule has 2 rings (SSSR count). The number of aliphatic hydroxyl groups is 1. The lowest BCUT2D eigenvalue weighted by Gasteiger charge is -2.52. The fourth-order valence-corrected chi connectivity index (χ4v) is 2.79. The third kappa shape index (κ3) is 0.800. The third-order valence-electron chi connectivity index (χ3n) is 3.38. The molecular formula is C9H16O. The molecule has 0 aliphatic heterocycles. The molecule has 0 aromatic carbocycles. The lowest BCUT2D eigenvalue weighted by atomic mass is 9.56. The van der Waals surface area contributed by atoms with Crippen LogP contribution in [0.2, 0.25) is 0 Å². The molecule has 2 aliphatic carbocycles. The van der Waals surface area contributed by atoms with Crippen LogP contribution in [0.25, 0.3) is 0 Å². The van der Waals surface area contributed by atoms with Gasteiger partial charge in [0.15, 0.2) is 0 Å². The molecule has 0 amide bonds. The Kier molecular flexibility index (Phi) is 1.31. The third-order valence-corrected chi connectivity index (χ3v) is 3.38.